The number of ether oxygens (including phenoxy) is 1. The van der Waals surface area contributed by atoms with E-state index in [-0.39, 0.29) is 18.3 Å². The normalized spacial score (nSPS) is 14.6. The summed E-state index contributed by atoms with van der Waals surface area (Å²) in [5.41, 5.74) is 1.73. The van der Waals surface area contributed by atoms with Crippen molar-refractivity contribution in [3.05, 3.63) is 33.8 Å². The van der Waals surface area contributed by atoms with Crippen LogP contribution in [0.1, 0.15) is 20.4 Å². The van der Waals surface area contributed by atoms with Crippen LogP contribution >= 0.6 is 46.8 Å². The van der Waals surface area contributed by atoms with Gasteiger partial charge in [-0.25, -0.2) is 9.97 Å². The van der Waals surface area contributed by atoms with E-state index in [0.717, 1.165) is 58.9 Å². The Labute approximate surface area is 195 Å². The monoisotopic (exact) mass is 484 g/mol. The predicted octanol–water partition coefficient (Wildman–Crippen LogP) is 4.49. The second-order valence-corrected chi connectivity index (χ2v) is 9.98. The highest BCUT2D eigenvalue weighted by Gasteiger charge is 2.26. The molecule has 162 valence electrons. The Bertz CT molecular complexity index is 1020. The van der Waals surface area contributed by atoms with E-state index in [0.29, 0.717) is 11.4 Å². The fraction of sp³-hybridized carbons (Fsp3) is 0.450. The van der Waals surface area contributed by atoms with E-state index >= 15 is 0 Å². The van der Waals surface area contributed by atoms with Crippen LogP contribution in [0.25, 0.3) is 10.2 Å². The van der Waals surface area contributed by atoms with Crippen molar-refractivity contribution in [1.82, 2.24) is 14.9 Å². The summed E-state index contributed by atoms with van der Waals surface area (Å²) in [6.45, 7) is 8.55. The van der Waals surface area contributed by atoms with Gasteiger partial charge in [-0.15, -0.1) is 35.5 Å². The van der Waals surface area contributed by atoms with Crippen molar-refractivity contribution in [1.29, 1.82) is 0 Å². The van der Waals surface area contributed by atoms with Gasteiger partial charge in [0.15, 0.2) is 5.13 Å². The van der Waals surface area contributed by atoms with Gasteiger partial charge in [0.2, 0.25) is 0 Å². The van der Waals surface area contributed by atoms with Crippen molar-refractivity contribution in [2.24, 2.45) is 0 Å². The minimum absolute atomic E-state index is 0. The van der Waals surface area contributed by atoms with E-state index in [4.69, 9.17) is 9.72 Å². The third kappa shape index (κ3) is 5.15. The lowest BCUT2D eigenvalue weighted by molar-refractivity contribution is 0.0391. The Balaban J connectivity index is 0.00000256. The van der Waals surface area contributed by atoms with Crippen LogP contribution in [-0.2, 0) is 4.74 Å². The van der Waals surface area contributed by atoms with Crippen LogP contribution < -0.4 is 4.90 Å². The zero-order chi connectivity index (χ0) is 20.4. The van der Waals surface area contributed by atoms with Crippen molar-refractivity contribution >= 4 is 68.1 Å². The fourth-order valence-corrected chi connectivity index (χ4v) is 5.75. The maximum absolute atomic E-state index is 13.5. The first-order chi connectivity index (χ1) is 14.0. The molecule has 6 nitrogen and oxygen atoms in total. The average Bonchev–Trinajstić information content (AvgIpc) is 3.30. The standard InChI is InChI=1S/C20H24N4O2S3.ClH/c1-13-18(28-14(2)21-13)19(25)24(7-6-23-8-10-26-11-9-23)20-22-16-5-4-15(27-3)12-17(16)29-20;/h4-5,12H,6-11H2,1-3H3;1H. The number of hydrogen-bond acceptors (Lipinski definition) is 8. The maximum atomic E-state index is 13.5. The van der Waals surface area contributed by atoms with Gasteiger partial charge in [-0.2, -0.15) is 0 Å². The van der Waals surface area contributed by atoms with Crippen molar-refractivity contribution in [3.63, 3.8) is 0 Å². The molecule has 0 aliphatic carbocycles. The number of aryl methyl sites for hydroxylation is 2. The number of morpholine rings is 1. The van der Waals surface area contributed by atoms with Crippen LogP contribution in [0.5, 0.6) is 0 Å². The number of halogens is 1. The number of nitrogens with zero attached hydrogens (tertiary/aromatic N) is 4. The lowest BCUT2D eigenvalue weighted by Gasteiger charge is -2.29. The summed E-state index contributed by atoms with van der Waals surface area (Å²) in [6, 6.07) is 6.26. The van der Waals surface area contributed by atoms with Crippen molar-refractivity contribution < 1.29 is 9.53 Å². The number of anilines is 1. The number of amides is 1. The number of hydrogen-bond donors (Lipinski definition) is 0. The van der Waals surface area contributed by atoms with Gasteiger partial charge >= 0.3 is 0 Å². The number of carbonyl (C=O) groups excluding carboxylic acids is 1. The molecular weight excluding hydrogens is 460 g/mol. The molecule has 10 heteroatoms. The Morgan fingerprint density at radius 2 is 2.00 bits per heavy atom. The minimum atomic E-state index is -0.00879. The Hall–Kier alpha value is -1.23. The highest BCUT2D eigenvalue weighted by molar-refractivity contribution is 7.98. The molecule has 30 heavy (non-hydrogen) atoms. The molecule has 1 saturated heterocycles. The van der Waals surface area contributed by atoms with Gasteiger partial charge in [-0.3, -0.25) is 14.6 Å². The maximum Gasteiger partial charge on any atom is 0.272 e. The van der Waals surface area contributed by atoms with Crippen LogP contribution in [0.15, 0.2) is 23.1 Å². The molecule has 1 aliphatic rings. The number of fused-ring (bicyclic) bond motifs is 1. The average molecular weight is 485 g/mol. The first-order valence-electron chi connectivity index (χ1n) is 9.55. The molecule has 2 aromatic heterocycles. The van der Waals surface area contributed by atoms with Gasteiger partial charge in [0.1, 0.15) is 4.88 Å². The Morgan fingerprint density at radius 1 is 1.23 bits per heavy atom. The molecule has 0 unspecified atom stereocenters. The van der Waals surface area contributed by atoms with Crippen LogP contribution in [0, 0.1) is 13.8 Å². The largest absolute Gasteiger partial charge is 0.379 e. The molecule has 0 atom stereocenters. The molecule has 0 radical (unpaired) electrons. The van der Waals surface area contributed by atoms with E-state index in [1.54, 1.807) is 23.1 Å². The first kappa shape index (κ1) is 23.4. The highest BCUT2D eigenvalue weighted by atomic mass is 35.5. The van der Waals surface area contributed by atoms with Gasteiger partial charge in [0.05, 0.1) is 34.1 Å². The summed E-state index contributed by atoms with van der Waals surface area (Å²) in [5, 5.41) is 1.66. The number of thiazole rings is 2. The first-order valence-corrected chi connectivity index (χ1v) is 12.4. The number of thioether (sulfide) groups is 1. The van der Waals surface area contributed by atoms with Crippen LogP contribution in [0.3, 0.4) is 0 Å². The van der Waals surface area contributed by atoms with E-state index in [1.807, 2.05) is 24.8 Å². The van der Waals surface area contributed by atoms with Gasteiger partial charge in [0.25, 0.3) is 5.91 Å². The lowest BCUT2D eigenvalue weighted by atomic mass is 10.3. The molecule has 1 amide bonds. The fourth-order valence-electron chi connectivity index (χ4n) is 3.34. The zero-order valence-corrected chi connectivity index (χ0v) is 20.5. The quantitative estimate of drug-likeness (QED) is 0.480. The topological polar surface area (TPSA) is 58.6 Å². The second kappa shape index (κ2) is 10.4. The third-order valence-electron chi connectivity index (χ3n) is 4.90. The van der Waals surface area contributed by atoms with Crippen molar-refractivity contribution in [3.8, 4) is 0 Å². The summed E-state index contributed by atoms with van der Waals surface area (Å²) in [5.74, 6) is -0.00879. The predicted molar refractivity (Wildman–Crippen MR) is 129 cm³/mol. The molecule has 0 N–H and O–H groups in total. The van der Waals surface area contributed by atoms with E-state index in [9.17, 15) is 4.79 Å². The molecule has 3 heterocycles. The molecule has 1 aromatic carbocycles. The van der Waals surface area contributed by atoms with Crippen LogP contribution in [0.2, 0.25) is 0 Å². The lowest BCUT2D eigenvalue weighted by Crippen LogP contribution is -2.43. The number of carbonyl (C=O) groups is 1. The van der Waals surface area contributed by atoms with Gasteiger partial charge in [0, 0.05) is 31.1 Å². The molecule has 0 bridgehead atoms. The summed E-state index contributed by atoms with van der Waals surface area (Å²) >= 11 is 4.75. The number of rotatable bonds is 6. The number of benzene rings is 1. The summed E-state index contributed by atoms with van der Waals surface area (Å²) in [6.07, 6.45) is 2.07. The van der Waals surface area contributed by atoms with E-state index < -0.39 is 0 Å². The molecule has 0 spiro atoms. The Morgan fingerprint density at radius 3 is 2.67 bits per heavy atom. The summed E-state index contributed by atoms with van der Waals surface area (Å²) in [7, 11) is 0. The SMILES string of the molecule is CSc1ccc2nc(N(CCN3CCOCC3)C(=O)c3sc(C)nc3C)sc2c1.Cl. The number of aromatic nitrogens is 2. The highest BCUT2D eigenvalue weighted by Crippen LogP contribution is 2.33. The van der Waals surface area contributed by atoms with Gasteiger partial charge in [-0.05, 0) is 38.3 Å². The van der Waals surface area contributed by atoms with Crippen LogP contribution in [0.4, 0.5) is 5.13 Å². The van der Waals surface area contributed by atoms with Crippen molar-refractivity contribution in [2.75, 3.05) is 50.5 Å². The Kier molecular flexibility index (Phi) is 8.11. The molecule has 3 aromatic rings. The zero-order valence-electron chi connectivity index (χ0n) is 17.2. The van der Waals surface area contributed by atoms with Gasteiger partial charge in [-0.1, -0.05) is 11.3 Å². The third-order valence-corrected chi connectivity index (χ3v) is 7.73. The van der Waals surface area contributed by atoms with Crippen LogP contribution in [-0.4, -0.2) is 66.4 Å². The van der Waals surface area contributed by atoms with E-state index in [2.05, 4.69) is 28.3 Å². The second-order valence-electron chi connectivity index (χ2n) is 6.89. The molecule has 0 saturated carbocycles. The molecule has 4 rings (SSSR count). The van der Waals surface area contributed by atoms with Crippen molar-refractivity contribution in [2.45, 2.75) is 18.7 Å². The van der Waals surface area contributed by atoms with E-state index in [1.165, 1.54) is 16.2 Å². The van der Waals surface area contributed by atoms with Gasteiger partial charge < -0.3 is 4.74 Å². The molecule has 1 fully saturated rings. The smallest absolute Gasteiger partial charge is 0.272 e. The molecular formula is C20H25ClN4O2S3. The summed E-state index contributed by atoms with van der Waals surface area (Å²) < 4.78 is 6.55. The molecule has 1 aliphatic heterocycles. The minimum Gasteiger partial charge on any atom is -0.379 e. The summed E-state index contributed by atoms with van der Waals surface area (Å²) in [4.78, 5) is 28.8.